The largest absolute Gasteiger partial charge is 0.511 e. The van der Waals surface area contributed by atoms with Crippen molar-refractivity contribution in [1.82, 2.24) is 19.7 Å². The van der Waals surface area contributed by atoms with Crippen LogP contribution >= 0.6 is 11.6 Å². The molecule has 8 nitrogen and oxygen atoms in total. The van der Waals surface area contributed by atoms with E-state index in [1.165, 1.54) is 17.1 Å². The number of hydrogen-bond donors (Lipinski definition) is 2. The van der Waals surface area contributed by atoms with Gasteiger partial charge in [0.05, 0.1) is 28.3 Å². The molecule has 1 aromatic carbocycles. The van der Waals surface area contributed by atoms with Gasteiger partial charge in [-0.3, -0.25) is 9.78 Å². The van der Waals surface area contributed by atoms with Crippen molar-refractivity contribution in [3.8, 4) is 11.7 Å². The number of rotatable bonds is 2. The first-order valence-electron chi connectivity index (χ1n) is 5.69. The van der Waals surface area contributed by atoms with Crippen LogP contribution in [0.5, 0.6) is 5.75 Å². The third kappa shape index (κ3) is 2.43. The van der Waals surface area contributed by atoms with Gasteiger partial charge in [0.15, 0.2) is 5.75 Å². The normalized spacial score (nSPS) is 10.7. The highest BCUT2D eigenvalue weighted by atomic mass is 35.5. The molecule has 0 amide bonds. The molecule has 0 atom stereocenters. The lowest BCUT2D eigenvalue weighted by Crippen LogP contribution is -2.14. The number of nitrogens with zero attached hydrogens (tertiary/aromatic N) is 3. The fourth-order valence-electron chi connectivity index (χ4n) is 1.82. The van der Waals surface area contributed by atoms with Gasteiger partial charge in [0.1, 0.15) is 0 Å². The summed E-state index contributed by atoms with van der Waals surface area (Å²) < 4.78 is 5.64. The maximum Gasteiger partial charge on any atom is 0.511 e. The Morgan fingerprint density at radius 1 is 1.43 bits per heavy atom. The van der Waals surface area contributed by atoms with Gasteiger partial charge in [0.2, 0.25) is 5.95 Å². The second-order valence-electron chi connectivity index (χ2n) is 4.01. The highest BCUT2D eigenvalue weighted by molar-refractivity contribution is 6.35. The Morgan fingerprint density at radius 2 is 2.24 bits per heavy atom. The van der Waals surface area contributed by atoms with E-state index < -0.39 is 11.7 Å². The van der Waals surface area contributed by atoms with Crippen molar-refractivity contribution in [2.45, 2.75) is 0 Å². The maximum atomic E-state index is 12.0. The van der Waals surface area contributed by atoms with Gasteiger partial charge in [-0.05, 0) is 12.1 Å². The van der Waals surface area contributed by atoms with Gasteiger partial charge in [-0.15, -0.1) is 0 Å². The zero-order valence-corrected chi connectivity index (χ0v) is 11.0. The second kappa shape index (κ2) is 4.91. The van der Waals surface area contributed by atoms with Crippen molar-refractivity contribution < 1.29 is 14.6 Å². The average molecular weight is 307 g/mol. The summed E-state index contributed by atoms with van der Waals surface area (Å²) >= 11 is 5.95. The standard InChI is InChI=1S/C12H7ClN4O4/c13-7-2-1-3-8-9(7)10(18)16-11(15-8)17-5-6(4-14-17)21-12(19)20/h1-5H,(H,19,20)(H,15,16,18). The molecule has 0 unspecified atom stereocenters. The molecule has 0 radical (unpaired) electrons. The van der Waals surface area contributed by atoms with Crippen molar-refractivity contribution in [1.29, 1.82) is 0 Å². The molecule has 0 aliphatic heterocycles. The van der Waals surface area contributed by atoms with Crippen molar-refractivity contribution in [2.24, 2.45) is 0 Å². The molecule has 0 saturated carbocycles. The maximum absolute atomic E-state index is 12.0. The van der Waals surface area contributed by atoms with Gasteiger partial charge in [0.25, 0.3) is 5.56 Å². The van der Waals surface area contributed by atoms with E-state index in [1.807, 2.05) is 0 Å². The topological polar surface area (TPSA) is 110 Å². The van der Waals surface area contributed by atoms with Gasteiger partial charge in [-0.25, -0.2) is 14.5 Å². The first kappa shape index (κ1) is 13.1. The van der Waals surface area contributed by atoms with Gasteiger partial charge in [0, 0.05) is 0 Å². The minimum absolute atomic E-state index is 0.0105. The number of nitrogens with one attached hydrogen (secondary N) is 1. The van der Waals surface area contributed by atoms with Crippen LogP contribution in [0.1, 0.15) is 0 Å². The van der Waals surface area contributed by atoms with Gasteiger partial charge >= 0.3 is 6.16 Å². The summed E-state index contributed by atoms with van der Waals surface area (Å²) in [6.45, 7) is 0. The summed E-state index contributed by atoms with van der Waals surface area (Å²) in [5.74, 6) is 0.131. The Hall–Kier alpha value is -2.87. The molecule has 0 spiro atoms. The van der Waals surface area contributed by atoms with Crippen molar-refractivity contribution in [2.75, 3.05) is 0 Å². The van der Waals surface area contributed by atoms with Crippen LogP contribution in [-0.4, -0.2) is 31.0 Å². The monoisotopic (exact) mass is 306 g/mol. The van der Waals surface area contributed by atoms with Crippen LogP contribution in [0.15, 0.2) is 35.4 Å². The van der Waals surface area contributed by atoms with E-state index >= 15 is 0 Å². The van der Waals surface area contributed by atoms with Crippen molar-refractivity contribution in [3.05, 3.63) is 46.0 Å². The van der Waals surface area contributed by atoms with Crippen LogP contribution in [0.25, 0.3) is 16.9 Å². The fourth-order valence-corrected chi connectivity index (χ4v) is 2.08. The predicted octanol–water partition coefficient (Wildman–Crippen LogP) is 1.82. The molecule has 9 heteroatoms. The Morgan fingerprint density at radius 3 is 3.00 bits per heavy atom. The number of halogens is 1. The number of hydrogen-bond acceptors (Lipinski definition) is 5. The Balaban J connectivity index is 2.11. The number of H-pyrrole nitrogens is 1. The molecule has 21 heavy (non-hydrogen) atoms. The first-order valence-corrected chi connectivity index (χ1v) is 6.07. The van der Waals surface area contributed by atoms with E-state index in [2.05, 4.69) is 19.8 Å². The minimum atomic E-state index is -1.46. The number of benzene rings is 1. The second-order valence-corrected chi connectivity index (χ2v) is 4.42. The molecule has 2 aromatic heterocycles. The summed E-state index contributed by atoms with van der Waals surface area (Å²) in [6.07, 6.45) is 1.01. The molecule has 106 valence electrons. The number of aromatic nitrogens is 4. The van der Waals surface area contributed by atoms with Gasteiger partial charge < -0.3 is 9.84 Å². The third-order valence-corrected chi connectivity index (χ3v) is 2.97. The van der Waals surface area contributed by atoms with Crippen LogP contribution in [0.2, 0.25) is 5.02 Å². The fraction of sp³-hybridized carbons (Fsp3) is 0. The van der Waals surface area contributed by atoms with E-state index in [0.29, 0.717) is 10.5 Å². The average Bonchev–Trinajstić information content (AvgIpc) is 2.86. The van der Waals surface area contributed by atoms with Crippen molar-refractivity contribution >= 4 is 28.7 Å². The number of aromatic amines is 1. The van der Waals surface area contributed by atoms with Crippen LogP contribution in [0.3, 0.4) is 0 Å². The van der Waals surface area contributed by atoms with Crippen LogP contribution in [-0.2, 0) is 0 Å². The molecule has 2 heterocycles. The predicted molar refractivity (Wildman–Crippen MR) is 73.1 cm³/mol. The van der Waals surface area contributed by atoms with Crippen LogP contribution in [0, 0.1) is 0 Å². The molecule has 3 rings (SSSR count). The van der Waals surface area contributed by atoms with Crippen LogP contribution in [0.4, 0.5) is 4.79 Å². The molecule has 0 bridgehead atoms. The lowest BCUT2D eigenvalue weighted by Gasteiger charge is -2.03. The highest BCUT2D eigenvalue weighted by Crippen LogP contribution is 2.19. The number of carboxylic acid groups (broad SMARTS) is 1. The Bertz CT molecular complexity index is 902. The van der Waals surface area contributed by atoms with E-state index in [1.54, 1.807) is 18.2 Å². The smallest absolute Gasteiger partial charge is 0.449 e. The lowest BCUT2D eigenvalue weighted by atomic mass is 10.2. The summed E-state index contributed by atoms with van der Waals surface area (Å²) in [7, 11) is 0. The molecule has 0 aliphatic carbocycles. The number of carbonyl (C=O) groups is 1. The molecule has 0 saturated heterocycles. The first-order chi connectivity index (χ1) is 10.0. The molecular weight excluding hydrogens is 300 g/mol. The van der Waals surface area contributed by atoms with E-state index in [9.17, 15) is 9.59 Å². The molecular formula is C12H7ClN4O4. The highest BCUT2D eigenvalue weighted by Gasteiger charge is 2.11. The molecule has 2 N–H and O–H groups in total. The quantitative estimate of drug-likeness (QED) is 0.699. The summed E-state index contributed by atoms with van der Waals surface area (Å²) in [5, 5.41) is 13.0. The van der Waals surface area contributed by atoms with Crippen molar-refractivity contribution in [3.63, 3.8) is 0 Å². The van der Waals surface area contributed by atoms with E-state index in [-0.39, 0.29) is 17.1 Å². The molecule has 3 aromatic rings. The summed E-state index contributed by atoms with van der Waals surface area (Å²) in [5.41, 5.74) is -0.0192. The molecule has 0 fully saturated rings. The van der Waals surface area contributed by atoms with Gasteiger partial charge in [-0.1, -0.05) is 17.7 Å². The Kier molecular flexibility index (Phi) is 3.07. The zero-order valence-electron chi connectivity index (χ0n) is 10.3. The number of fused-ring (bicyclic) bond motifs is 1. The van der Waals surface area contributed by atoms with E-state index in [4.69, 9.17) is 16.7 Å². The minimum Gasteiger partial charge on any atom is -0.449 e. The zero-order chi connectivity index (χ0) is 15.0. The van der Waals surface area contributed by atoms with E-state index in [0.717, 1.165) is 0 Å². The lowest BCUT2D eigenvalue weighted by molar-refractivity contribution is 0.144. The SMILES string of the molecule is O=C(O)Oc1cnn(-c2nc3cccc(Cl)c3c(=O)[nH]2)c1. The Labute approximate surface area is 121 Å². The number of ether oxygens (including phenoxy) is 1. The third-order valence-electron chi connectivity index (χ3n) is 2.65. The molecule has 0 aliphatic rings. The summed E-state index contributed by atoms with van der Waals surface area (Å²) in [4.78, 5) is 29.2. The van der Waals surface area contributed by atoms with Crippen LogP contribution < -0.4 is 10.3 Å². The van der Waals surface area contributed by atoms with Gasteiger partial charge in [-0.2, -0.15) is 5.10 Å². The summed E-state index contributed by atoms with van der Waals surface area (Å²) in [6, 6.07) is 4.90.